The molecule has 47 heavy (non-hydrogen) atoms. The summed E-state index contributed by atoms with van der Waals surface area (Å²) in [5.41, 5.74) is 0.514. The summed E-state index contributed by atoms with van der Waals surface area (Å²) in [6.45, 7) is 6.48. The molecule has 1 atom stereocenters. The van der Waals surface area contributed by atoms with Crippen molar-refractivity contribution in [3.8, 4) is 28.4 Å². The number of hydrogen-bond acceptors (Lipinski definition) is 6. The third-order valence-electron chi connectivity index (χ3n) is 8.12. The molecule has 0 amide bonds. The number of rotatable bonds is 22. The van der Waals surface area contributed by atoms with Crippen LogP contribution in [0.4, 0.5) is 14.5 Å². The summed E-state index contributed by atoms with van der Waals surface area (Å²) < 4.78 is 46.1. The summed E-state index contributed by atoms with van der Waals surface area (Å²) in [7, 11) is 0. The molecular weight excluding hydrogens is 604 g/mol. The molecular formula is C38H49F2NO6. The standard InChI is InChI=1S/C38H49F2NO6/c1-4-6-8-9-10-11-12-13-14-16-26-45-35-25-23-32(36(39)37(35)40)38(42)47-31-21-18-29(19-22-31)30-20-24-34(33(27-30)41(43)44)46-28(3)17-15-7-5-2/h18-25,27-28H,4-17,26H2,1-3H3. The number of ether oxygens (including phenoxy) is 3. The third-order valence-corrected chi connectivity index (χ3v) is 8.12. The fraction of sp³-hybridized carbons (Fsp3) is 0.500. The molecule has 0 heterocycles. The van der Waals surface area contributed by atoms with Crippen molar-refractivity contribution in [3.05, 3.63) is 81.9 Å². The van der Waals surface area contributed by atoms with E-state index in [1.165, 1.54) is 69.2 Å². The van der Waals surface area contributed by atoms with E-state index in [2.05, 4.69) is 13.8 Å². The molecule has 3 aromatic rings. The SMILES string of the molecule is CCCCCCCCCCCCOc1ccc(C(=O)Oc2ccc(-c3ccc(OC(C)CCCCC)c([N+](=O)[O-])c3)cc2)c(F)c1F. The number of nitrogens with zero attached hydrogens (tertiary/aromatic N) is 1. The van der Waals surface area contributed by atoms with E-state index in [0.29, 0.717) is 11.1 Å². The molecule has 0 N–H and O–H groups in total. The van der Waals surface area contributed by atoms with Gasteiger partial charge in [-0.3, -0.25) is 10.1 Å². The Kier molecular flexibility index (Phi) is 16.2. The normalized spacial score (nSPS) is 11.7. The van der Waals surface area contributed by atoms with Gasteiger partial charge in [0.15, 0.2) is 17.3 Å². The molecule has 1 unspecified atom stereocenters. The van der Waals surface area contributed by atoms with Crippen molar-refractivity contribution < 1.29 is 32.7 Å². The Hall–Kier alpha value is -4.01. The first-order valence-electron chi connectivity index (χ1n) is 17.1. The second-order valence-corrected chi connectivity index (χ2v) is 12.0. The molecule has 0 fully saturated rings. The zero-order chi connectivity index (χ0) is 34.0. The number of nitro groups is 1. The molecule has 0 spiro atoms. The molecule has 3 rings (SSSR count). The highest BCUT2D eigenvalue weighted by atomic mass is 19.2. The third kappa shape index (κ3) is 12.3. The smallest absolute Gasteiger partial charge is 0.346 e. The lowest BCUT2D eigenvalue weighted by atomic mass is 10.0. The quantitative estimate of drug-likeness (QED) is 0.0352. The lowest BCUT2D eigenvalue weighted by Crippen LogP contribution is -2.13. The van der Waals surface area contributed by atoms with Gasteiger partial charge < -0.3 is 14.2 Å². The molecule has 0 aliphatic carbocycles. The maximum Gasteiger partial charge on any atom is 0.346 e. The number of hydrogen-bond donors (Lipinski definition) is 0. The van der Waals surface area contributed by atoms with Gasteiger partial charge in [-0.1, -0.05) is 103 Å². The summed E-state index contributed by atoms with van der Waals surface area (Å²) in [6.07, 6.45) is 15.4. The number of esters is 1. The van der Waals surface area contributed by atoms with E-state index in [0.717, 1.165) is 51.0 Å². The van der Waals surface area contributed by atoms with Crippen molar-refractivity contribution in [2.45, 2.75) is 117 Å². The van der Waals surface area contributed by atoms with Gasteiger partial charge in [0, 0.05) is 6.07 Å². The predicted octanol–water partition coefficient (Wildman–Crippen LogP) is 11.4. The number of unbranched alkanes of at least 4 members (excludes halogenated alkanes) is 11. The lowest BCUT2D eigenvalue weighted by molar-refractivity contribution is -0.386. The first-order valence-corrected chi connectivity index (χ1v) is 17.1. The van der Waals surface area contributed by atoms with Crippen LogP contribution in [0.2, 0.25) is 0 Å². The van der Waals surface area contributed by atoms with Crippen LogP contribution in [0.1, 0.15) is 121 Å². The average molecular weight is 654 g/mol. The first-order chi connectivity index (χ1) is 22.7. The van der Waals surface area contributed by atoms with Crippen LogP contribution in [-0.2, 0) is 0 Å². The Balaban J connectivity index is 1.52. The van der Waals surface area contributed by atoms with Crippen molar-refractivity contribution in [1.29, 1.82) is 0 Å². The summed E-state index contributed by atoms with van der Waals surface area (Å²) in [6, 6.07) is 13.3. The highest BCUT2D eigenvalue weighted by Crippen LogP contribution is 2.34. The molecule has 0 saturated carbocycles. The van der Waals surface area contributed by atoms with E-state index in [4.69, 9.17) is 14.2 Å². The fourth-order valence-electron chi connectivity index (χ4n) is 5.35. The van der Waals surface area contributed by atoms with Crippen LogP contribution < -0.4 is 14.2 Å². The van der Waals surface area contributed by atoms with Crippen molar-refractivity contribution in [2.24, 2.45) is 0 Å². The summed E-state index contributed by atoms with van der Waals surface area (Å²) in [4.78, 5) is 24.0. The molecule has 3 aromatic carbocycles. The van der Waals surface area contributed by atoms with E-state index in [-0.39, 0.29) is 35.6 Å². The van der Waals surface area contributed by atoms with Crippen LogP contribution in [0.5, 0.6) is 17.2 Å². The Labute approximate surface area is 277 Å². The molecule has 7 nitrogen and oxygen atoms in total. The van der Waals surface area contributed by atoms with Gasteiger partial charge in [-0.15, -0.1) is 0 Å². The minimum Gasteiger partial charge on any atom is -0.490 e. The second-order valence-electron chi connectivity index (χ2n) is 12.0. The largest absolute Gasteiger partial charge is 0.490 e. The molecule has 0 radical (unpaired) electrons. The molecule has 0 aliphatic heterocycles. The number of carbonyl (C=O) groups is 1. The molecule has 0 bridgehead atoms. The van der Waals surface area contributed by atoms with Gasteiger partial charge in [0.05, 0.1) is 23.2 Å². The Morgan fingerprint density at radius 3 is 1.96 bits per heavy atom. The number of carbonyl (C=O) groups excluding carboxylic acids is 1. The summed E-state index contributed by atoms with van der Waals surface area (Å²) in [5, 5.41) is 11.8. The fourth-order valence-corrected chi connectivity index (χ4v) is 5.35. The highest BCUT2D eigenvalue weighted by Gasteiger charge is 2.22. The summed E-state index contributed by atoms with van der Waals surface area (Å²) in [5.74, 6) is -3.54. The van der Waals surface area contributed by atoms with Crippen LogP contribution >= 0.6 is 0 Å². The van der Waals surface area contributed by atoms with E-state index in [1.807, 2.05) is 6.92 Å². The van der Waals surface area contributed by atoms with Gasteiger partial charge in [0.1, 0.15) is 5.75 Å². The maximum atomic E-state index is 14.8. The number of benzene rings is 3. The van der Waals surface area contributed by atoms with Gasteiger partial charge in [-0.05, 0) is 67.6 Å². The van der Waals surface area contributed by atoms with Crippen molar-refractivity contribution >= 4 is 11.7 Å². The first kappa shape index (κ1) is 37.4. The van der Waals surface area contributed by atoms with Crippen LogP contribution in [0.15, 0.2) is 54.6 Å². The van der Waals surface area contributed by atoms with E-state index >= 15 is 0 Å². The highest BCUT2D eigenvalue weighted by molar-refractivity contribution is 5.91. The Morgan fingerprint density at radius 2 is 1.32 bits per heavy atom. The van der Waals surface area contributed by atoms with Crippen molar-refractivity contribution in [2.75, 3.05) is 6.61 Å². The minimum atomic E-state index is -1.33. The summed E-state index contributed by atoms with van der Waals surface area (Å²) >= 11 is 0. The van der Waals surface area contributed by atoms with Gasteiger partial charge >= 0.3 is 11.7 Å². The number of halogens is 2. The Morgan fingerprint density at radius 1 is 0.745 bits per heavy atom. The van der Waals surface area contributed by atoms with Crippen LogP contribution in [-0.4, -0.2) is 23.6 Å². The van der Waals surface area contributed by atoms with Crippen LogP contribution in [0, 0.1) is 21.7 Å². The zero-order valence-electron chi connectivity index (χ0n) is 28.0. The van der Waals surface area contributed by atoms with Crippen molar-refractivity contribution in [1.82, 2.24) is 0 Å². The van der Waals surface area contributed by atoms with E-state index in [9.17, 15) is 23.7 Å². The van der Waals surface area contributed by atoms with Crippen LogP contribution in [0.3, 0.4) is 0 Å². The predicted molar refractivity (Wildman–Crippen MR) is 181 cm³/mol. The average Bonchev–Trinajstić information content (AvgIpc) is 3.06. The zero-order valence-corrected chi connectivity index (χ0v) is 28.0. The van der Waals surface area contributed by atoms with E-state index in [1.54, 1.807) is 24.3 Å². The molecule has 0 saturated heterocycles. The molecule has 0 aliphatic rings. The molecule has 0 aromatic heterocycles. The topological polar surface area (TPSA) is 87.9 Å². The van der Waals surface area contributed by atoms with E-state index < -0.39 is 28.1 Å². The van der Waals surface area contributed by atoms with Gasteiger partial charge in [0.2, 0.25) is 5.82 Å². The maximum absolute atomic E-state index is 14.8. The monoisotopic (exact) mass is 653 g/mol. The Bertz CT molecular complexity index is 1410. The van der Waals surface area contributed by atoms with Crippen LogP contribution in [0.25, 0.3) is 11.1 Å². The lowest BCUT2D eigenvalue weighted by Gasteiger charge is -2.15. The minimum absolute atomic E-state index is 0.107. The van der Waals surface area contributed by atoms with Gasteiger partial charge in [-0.25, -0.2) is 9.18 Å². The van der Waals surface area contributed by atoms with Crippen molar-refractivity contribution in [3.63, 3.8) is 0 Å². The molecule has 256 valence electrons. The van der Waals surface area contributed by atoms with Gasteiger partial charge in [-0.2, -0.15) is 4.39 Å². The number of nitro benzene ring substituents is 1. The second kappa shape index (κ2) is 20.3. The molecule has 9 heteroatoms. The van der Waals surface area contributed by atoms with Gasteiger partial charge in [0.25, 0.3) is 0 Å².